The zero-order valence-electron chi connectivity index (χ0n) is 14.8. The van der Waals surface area contributed by atoms with E-state index >= 15 is 0 Å². The fourth-order valence-electron chi connectivity index (χ4n) is 2.44. The number of aromatic nitrogens is 2. The monoisotopic (exact) mass is 385 g/mol. The molecule has 9 heteroatoms. The first-order valence-corrected chi connectivity index (χ1v) is 9.74. The molecule has 1 aromatic heterocycles. The molecule has 1 amide bonds. The summed E-state index contributed by atoms with van der Waals surface area (Å²) in [5, 5.41) is 11.7. The van der Waals surface area contributed by atoms with E-state index < -0.39 is 10.0 Å². The van der Waals surface area contributed by atoms with Crippen molar-refractivity contribution in [2.75, 3.05) is 5.32 Å². The van der Waals surface area contributed by atoms with E-state index in [1.807, 2.05) is 13.8 Å². The normalized spacial score (nSPS) is 11.6. The smallest absolute Gasteiger partial charge is 0.251 e. The van der Waals surface area contributed by atoms with E-state index in [2.05, 4.69) is 20.6 Å². The van der Waals surface area contributed by atoms with Gasteiger partial charge in [0, 0.05) is 28.9 Å². The Bertz CT molecular complexity index is 1100. The predicted octanol–water partition coefficient (Wildman–Crippen LogP) is 2.16. The quantitative estimate of drug-likeness (QED) is 0.618. The molecule has 0 saturated heterocycles. The molecule has 0 aliphatic carbocycles. The average Bonchev–Trinajstić information content (AvgIpc) is 2.60. The number of benzene rings is 2. The fourth-order valence-corrected chi connectivity index (χ4v) is 2.95. The number of nitrogens with two attached hydrogens (primary N) is 1. The highest BCUT2D eigenvalue weighted by molar-refractivity contribution is 7.89. The van der Waals surface area contributed by atoms with Crippen LogP contribution in [0.3, 0.4) is 0 Å². The highest BCUT2D eigenvalue weighted by atomic mass is 32.2. The standard InChI is InChI=1S/C18H19N5O3S/c1-11(2)21-17(24)12-3-8-16-13(9-12)10-20-18(23-16)22-14-4-6-15(7-5-14)27(19,25)26/h3-11H,1-2H3,(H,21,24)(H2,19,25,26)(H,20,22,23). The summed E-state index contributed by atoms with van der Waals surface area (Å²) in [6.07, 6.45) is 1.62. The summed E-state index contributed by atoms with van der Waals surface area (Å²) in [4.78, 5) is 20.8. The van der Waals surface area contributed by atoms with Gasteiger partial charge >= 0.3 is 0 Å². The summed E-state index contributed by atoms with van der Waals surface area (Å²) in [5.74, 6) is 0.203. The molecule has 0 spiro atoms. The second-order valence-corrected chi connectivity index (χ2v) is 7.85. The number of amides is 1. The topological polar surface area (TPSA) is 127 Å². The summed E-state index contributed by atoms with van der Waals surface area (Å²) in [6.45, 7) is 3.80. The van der Waals surface area contributed by atoms with Crippen LogP contribution in [0.4, 0.5) is 11.6 Å². The van der Waals surface area contributed by atoms with Crippen LogP contribution >= 0.6 is 0 Å². The van der Waals surface area contributed by atoms with Crippen LogP contribution in [-0.2, 0) is 10.0 Å². The minimum Gasteiger partial charge on any atom is -0.350 e. The lowest BCUT2D eigenvalue weighted by molar-refractivity contribution is 0.0943. The van der Waals surface area contributed by atoms with E-state index in [9.17, 15) is 13.2 Å². The van der Waals surface area contributed by atoms with Gasteiger partial charge in [0.15, 0.2) is 0 Å². The number of hydrogen-bond acceptors (Lipinski definition) is 6. The molecule has 140 valence electrons. The minimum atomic E-state index is -3.73. The number of carbonyl (C=O) groups excluding carboxylic acids is 1. The van der Waals surface area contributed by atoms with Gasteiger partial charge in [-0.05, 0) is 56.3 Å². The number of primary sulfonamides is 1. The number of rotatable bonds is 5. The Hall–Kier alpha value is -3.04. The van der Waals surface area contributed by atoms with Crippen molar-refractivity contribution >= 4 is 38.5 Å². The Morgan fingerprint density at radius 2 is 1.81 bits per heavy atom. The summed E-state index contributed by atoms with van der Waals surface area (Å²) in [6, 6.07) is 11.2. The van der Waals surface area contributed by atoms with Crippen LogP contribution in [-0.4, -0.2) is 30.3 Å². The SMILES string of the molecule is CC(C)NC(=O)c1ccc2nc(Nc3ccc(S(N)(=O)=O)cc3)ncc2c1. The van der Waals surface area contributed by atoms with Gasteiger partial charge in [0.25, 0.3) is 5.91 Å². The van der Waals surface area contributed by atoms with Gasteiger partial charge in [-0.25, -0.2) is 23.5 Å². The van der Waals surface area contributed by atoms with Crippen molar-refractivity contribution in [3.63, 3.8) is 0 Å². The van der Waals surface area contributed by atoms with E-state index in [0.717, 1.165) is 5.39 Å². The molecular weight excluding hydrogens is 366 g/mol. The van der Waals surface area contributed by atoms with Crippen molar-refractivity contribution in [2.45, 2.75) is 24.8 Å². The lowest BCUT2D eigenvalue weighted by atomic mass is 10.1. The summed E-state index contributed by atoms with van der Waals surface area (Å²) in [5.41, 5.74) is 1.84. The maximum Gasteiger partial charge on any atom is 0.251 e. The van der Waals surface area contributed by atoms with Crippen LogP contribution in [0.25, 0.3) is 10.9 Å². The number of sulfonamides is 1. The Kier molecular flexibility index (Phi) is 5.06. The molecule has 4 N–H and O–H groups in total. The first-order valence-electron chi connectivity index (χ1n) is 8.20. The first kappa shape index (κ1) is 18.7. The molecule has 0 atom stereocenters. The predicted molar refractivity (Wildman–Crippen MR) is 103 cm³/mol. The molecule has 0 aliphatic heterocycles. The number of carbonyl (C=O) groups is 1. The minimum absolute atomic E-state index is 0.0275. The molecule has 0 fully saturated rings. The molecule has 0 radical (unpaired) electrons. The fraction of sp³-hybridized carbons (Fsp3) is 0.167. The third-order valence-corrected chi connectivity index (χ3v) is 4.63. The molecule has 0 saturated carbocycles. The number of anilines is 2. The van der Waals surface area contributed by atoms with Crippen molar-refractivity contribution < 1.29 is 13.2 Å². The van der Waals surface area contributed by atoms with Crippen LogP contribution < -0.4 is 15.8 Å². The van der Waals surface area contributed by atoms with E-state index in [1.54, 1.807) is 36.5 Å². The maximum absolute atomic E-state index is 12.1. The third-order valence-electron chi connectivity index (χ3n) is 3.70. The lowest BCUT2D eigenvalue weighted by Gasteiger charge is -2.09. The van der Waals surface area contributed by atoms with Crippen LogP contribution in [0.1, 0.15) is 24.2 Å². The molecular formula is C18H19N5O3S. The zero-order chi connectivity index (χ0) is 19.6. The first-order chi connectivity index (χ1) is 12.7. The third kappa shape index (κ3) is 4.57. The lowest BCUT2D eigenvalue weighted by Crippen LogP contribution is -2.29. The van der Waals surface area contributed by atoms with Crippen molar-refractivity contribution in [1.29, 1.82) is 0 Å². The zero-order valence-corrected chi connectivity index (χ0v) is 15.6. The number of nitrogens with one attached hydrogen (secondary N) is 2. The molecule has 27 heavy (non-hydrogen) atoms. The van der Waals surface area contributed by atoms with Crippen LogP contribution in [0.5, 0.6) is 0 Å². The van der Waals surface area contributed by atoms with Gasteiger partial charge < -0.3 is 10.6 Å². The maximum atomic E-state index is 12.1. The highest BCUT2D eigenvalue weighted by Gasteiger charge is 2.10. The van der Waals surface area contributed by atoms with Gasteiger partial charge in [-0.15, -0.1) is 0 Å². The van der Waals surface area contributed by atoms with Crippen LogP contribution in [0, 0.1) is 0 Å². The van der Waals surface area contributed by atoms with Gasteiger partial charge in [0.2, 0.25) is 16.0 Å². The van der Waals surface area contributed by atoms with E-state index in [-0.39, 0.29) is 16.8 Å². The van der Waals surface area contributed by atoms with Crippen molar-refractivity contribution in [3.05, 3.63) is 54.2 Å². The van der Waals surface area contributed by atoms with E-state index in [4.69, 9.17) is 5.14 Å². The summed E-state index contributed by atoms with van der Waals surface area (Å²) in [7, 11) is -3.73. The summed E-state index contributed by atoms with van der Waals surface area (Å²) >= 11 is 0. The van der Waals surface area contributed by atoms with Crippen LogP contribution in [0.2, 0.25) is 0 Å². The average molecular weight is 385 g/mol. The molecule has 0 aliphatic rings. The van der Waals surface area contributed by atoms with Gasteiger partial charge in [0.05, 0.1) is 10.4 Å². The van der Waals surface area contributed by atoms with E-state index in [1.165, 1.54) is 12.1 Å². The highest BCUT2D eigenvalue weighted by Crippen LogP contribution is 2.19. The Balaban J connectivity index is 1.81. The molecule has 2 aromatic carbocycles. The number of hydrogen-bond donors (Lipinski definition) is 3. The number of fused-ring (bicyclic) bond motifs is 1. The van der Waals surface area contributed by atoms with Crippen LogP contribution in [0.15, 0.2) is 53.6 Å². The van der Waals surface area contributed by atoms with Gasteiger partial charge in [-0.2, -0.15) is 0 Å². The number of nitrogens with zero attached hydrogens (tertiary/aromatic N) is 2. The molecule has 3 rings (SSSR count). The second-order valence-electron chi connectivity index (χ2n) is 6.29. The van der Waals surface area contributed by atoms with Gasteiger partial charge in [-0.1, -0.05) is 0 Å². The van der Waals surface area contributed by atoms with Crippen molar-refractivity contribution in [1.82, 2.24) is 15.3 Å². The Morgan fingerprint density at radius 3 is 2.44 bits per heavy atom. The largest absolute Gasteiger partial charge is 0.350 e. The van der Waals surface area contributed by atoms with Gasteiger partial charge in [-0.3, -0.25) is 4.79 Å². The van der Waals surface area contributed by atoms with Crippen molar-refractivity contribution in [2.24, 2.45) is 5.14 Å². The molecule has 0 bridgehead atoms. The second kappa shape index (κ2) is 7.29. The van der Waals surface area contributed by atoms with E-state index in [0.29, 0.717) is 22.7 Å². The molecule has 0 unspecified atom stereocenters. The van der Waals surface area contributed by atoms with Gasteiger partial charge in [0.1, 0.15) is 0 Å². The molecule has 8 nitrogen and oxygen atoms in total. The molecule has 1 heterocycles. The Labute approximate surface area is 156 Å². The van der Waals surface area contributed by atoms with Crippen molar-refractivity contribution in [3.8, 4) is 0 Å². The Morgan fingerprint density at radius 1 is 1.11 bits per heavy atom. The molecule has 3 aromatic rings. The summed E-state index contributed by atoms with van der Waals surface area (Å²) < 4.78 is 22.6.